The van der Waals surface area contributed by atoms with Crippen LogP contribution in [0.25, 0.3) is 10.9 Å². The minimum atomic E-state index is 1.07. The molecule has 0 unspecified atom stereocenters. The van der Waals surface area contributed by atoms with Gasteiger partial charge in [-0.05, 0) is 38.2 Å². The van der Waals surface area contributed by atoms with E-state index in [9.17, 15) is 0 Å². The van der Waals surface area contributed by atoms with E-state index in [-0.39, 0.29) is 0 Å². The Morgan fingerprint density at radius 3 is 2.94 bits per heavy atom. The maximum Gasteiger partial charge on any atom is 0.0457 e. The molecule has 2 heterocycles. The zero-order valence-electron chi connectivity index (χ0n) is 11.0. The van der Waals surface area contributed by atoms with E-state index >= 15 is 0 Å². The highest BCUT2D eigenvalue weighted by molar-refractivity contribution is 5.82. The molecule has 0 amide bonds. The first kappa shape index (κ1) is 11.8. The van der Waals surface area contributed by atoms with Crippen molar-refractivity contribution < 1.29 is 0 Å². The number of rotatable bonds is 2. The van der Waals surface area contributed by atoms with Gasteiger partial charge in [0.2, 0.25) is 0 Å². The molecular formula is C15H21N3. The van der Waals surface area contributed by atoms with E-state index in [0.717, 1.165) is 6.54 Å². The smallest absolute Gasteiger partial charge is 0.0457 e. The standard InChI is InChI=1S/C15H21N3/c1-17-7-4-8-18(10-9-17)12-13-11-16-15-6-3-2-5-14(13)15/h2-3,5-6,11,16H,4,7-10,12H2,1H3. The first-order valence-electron chi connectivity index (χ1n) is 6.79. The molecule has 0 spiro atoms. The Balaban J connectivity index is 1.75. The number of aromatic nitrogens is 1. The number of fused-ring (bicyclic) bond motifs is 1. The molecule has 1 aromatic carbocycles. The molecule has 1 N–H and O–H groups in total. The summed E-state index contributed by atoms with van der Waals surface area (Å²) < 4.78 is 0. The minimum Gasteiger partial charge on any atom is -0.361 e. The molecule has 1 aliphatic rings. The molecule has 0 atom stereocenters. The monoisotopic (exact) mass is 243 g/mol. The maximum atomic E-state index is 3.37. The Labute approximate surface area is 108 Å². The molecule has 1 aliphatic heterocycles. The molecule has 1 saturated heterocycles. The van der Waals surface area contributed by atoms with Crippen LogP contribution in [0.1, 0.15) is 12.0 Å². The lowest BCUT2D eigenvalue weighted by Crippen LogP contribution is -2.28. The van der Waals surface area contributed by atoms with Crippen LogP contribution in [0.15, 0.2) is 30.5 Å². The van der Waals surface area contributed by atoms with Crippen LogP contribution in [0.3, 0.4) is 0 Å². The average molecular weight is 243 g/mol. The van der Waals surface area contributed by atoms with Gasteiger partial charge in [-0.1, -0.05) is 18.2 Å². The summed E-state index contributed by atoms with van der Waals surface area (Å²) in [6.07, 6.45) is 3.44. The van der Waals surface area contributed by atoms with E-state index in [4.69, 9.17) is 0 Å². The van der Waals surface area contributed by atoms with Crippen molar-refractivity contribution in [1.82, 2.24) is 14.8 Å². The molecule has 3 heteroatoms. The number of aromatic amines is 1. The molecule has 3 rings (SSSR count). The third-order valence-corrected chi connectivity index (χ3v) is 3.88. The van der Waals surface area contributed by atoms with Gasteiger partial charge in [0.25, 0.3) is 0 Å². The Kier molecular flexibility index (Phi) is 3.35. The van der Waals surface area contributed by atoms with Gasteiger partial charge in [0.15, 0.2) is 0 Å². The van der Waals surface area contributed by atoms with E-state index in [2.05, 4.69) is 52.3 Å². The Hall–Kier alpha value is -1.32. The van der Waals surface area contributed by atoms with E-state index in [0.29, 0.717) is 0 Å². The number of H-pyrrole nitrogens is 1. The number of likely N-dealkylation sites (N-methyl/N-ethyl adjacent to an activating group) is 1. The highest BCUT2D eigenvalue weighted by Gasteiger charge is 2.13. The maximum absolute atomic E-state index is 3.37. The summed E-state index contributed by atoms with van der Waals surface area (Å²) >= 11 is 0. The fourth-order valence-corrected chi connectivity index (χ4v) is 2.76. The average Bonchev–Trinajstić information content (AvgIpc) is 2.67. The van der Waals surface area contributed by atoms with Crippen molar-refractivity contribution in [3.8, 4) is 0 Å². The van der Waals surface area contributed by atoms with Gasteiger partial charge in [0, 0.05) is 36.7 Å². The van der Waals surface area contributed by atoms with Crippen LogP contribution in [0.2, 0.25) is 0 Å². The van der Waals surface area contributed by atoms with Crippen LogP contribution in [0, 0.1) is 0 Å². The Morgan fingerprint density at radius 1 is 1.11 bits per heavy atom. The van der Waals surface area contributed by atoms with Gasteiger partial charge in [-0.15, -0.1) is 0 Å². The van der Waals surface area contributed by atoms with Gasteiger partial charge >= 0.3 is 0 Å². The predicted molar refractivity (Wildman–Crippen MR) is 75.7 cm³/mol. The van der Waals surface area contributed by atoms with Crippen LogP contribution < -0.4 is 0 Å². The predicted octanol–water partition coefficient (Wildman–Crippen LogP) is 2.31. The molecule has 96 valence electrons. The van der Waals surface area contributed by atoms with Crippen LogP contribution in [-0.2, 0) is 6.54 Å². The van der Waals surface area contributed by atoms with Crippen LogP contribution in [-0.4, -0.2) is 48.0 Å². The summed E-state index contributed by atoms with van der Waals surface area (Å²) in [5, 5.41) is 1.37. The van der Waals surface area contributed by atoms with Crippen LogP contribution in [0.5, 0.6) is 0 Å². The third kappa shape index (κ3) is 2.42. The lowest BCUT2D eigenvalue weighted by atomic mass is 10.1. The first-order chi connectivity index (χ1) is 8.83. The van der Waals surface area contributed by atoms with Crippen molar-refractivity contribution in [3.63, 3.8) is 0 Å². The first-order valence-corrected chi connectivity index (χ1v) is 6.79. The van der Waals surface area contributed by atoms with Gasteiger partial charge in [0.05, 0.1) is 0 Å². The van der Waals surface area contributed by atoms with E-state index < -0.39 is 0 Å². The molecule has 1 aromatic heterocycles. The summed E-state index contributed by atoms with van der Waals surface area (Å²) in [6.45, 7) is 5.87. The van der Waals surface area contributed by atoms with Crippen molar-refractivity contribution in [2.75, 3.05) is 33.2 Å². The zero-order valence-corrected chi connectivity index (χ0v) is 11.0. The minimum absolute atomic E-state index is 1.07. The summed E-state index contributed by atoms with van der Waals surface area (Å²) in [4.78, 5) is 8.36. The Morgan fingerprint density at radius 2 is 2.00 bits per heavy atom. The van der Waals surface area contributed by atoms with Gasteiger partial charge in [0.1, 0.15) is 0 Å². The largest absolute Gasteiger partial charge is 0.361 e. The lowest BCUT2D eigenvalue weighted by molar-refractivity contribution is 0.270. The number of para-hydroxylation sites is 1. The lowest BCUT2D eigenvalue weighted by Gasteiger charge is -2.19. The molecule has 0 saturated carbocycles. The molecule has 1 fully saturated rings. The van der Waals surface area contributed by atoms with Crippen molar-refractivity contribution in [2.24, 2.45) is 0 Å². The summed E-state index contributed by atoms with van der Waals surface area (Å²) in [6, 6.07) is 8.57. The number of hydrogen-bond acceptors (Lipinski definition) is 2. The molecule has 0 radical (unpaired) electrons. The quantitative estimate of drug-likeness (QED) is 0.874. The number of nitrogens with zero attached hydrogens (tertiary/aromatic N) is 2. The van der Waals surface area contributed by atoms with Gasteiger partial charge in [-0.25, -0.2) is 0 Å². The molecular weight excluding hydrogens is 222 g/mol. The number of hydrogen-bond donors (Lipinski definition) is 1. The summed E-state index contributed by atoms with van der Waals surface area (Å²) in [5.74, 6) is 0. The second-order valence-electron chi connectivity index (χ2n) is 5.29. The highest BCUT2D eigenvalue weighted by atomic mass is 15.2. The van der Waals surface area contributed by atoms with E-state index in [1.807, 2.05) is 0 Å². The van der Waals surface area contributed by atoms with Crippen LogP contribution >= 0.6 is 0 Å². The van der Waals surface area contributed by atoms with Gasteiger partial charge in [-0.3, -0.25) is 4.90 Å². The van der Waals surface area contributed by atoms with E-state index in [1.54, 1.807) is 0 Å². The number of benzene rings is 1. The van der Waals surface area contributed by atoms with Crippen molar-refractivity contribution in [3.05, 3.63) is 36.0 Å². The van der Waals surface area contributed by atoms with Crippen molar-refractivity contribution in [1.29, 1.82) is 0 Å². The molecule has 18 heavy (non-hydrogen) atoms. The normalized spacial score (nSPS) is 19.2. The molecule has 3 nitrogen and oxygen atoms in total. The zero-order chi connectivity index (χ0) is 12.4. The highest BCUT2D eigenvalue weighted by Crippen LogP contribution is 2.19. The number of nitrogens with one attached hydrogen (secondary N) is 1. The Bertz CT molecular complexity index is 517. The molecule has 2 aromatic rings. The SMILES string of the molecule is CN1CCCN(Cc2c[nH]c3ccccc23)CC1. The second-order valence-corrected chi connectivity index (χ2v) is 5.29. The molecule has 0 bridgehead atoms. The fraction of sp³-hybridized carbons (Fsp3) is 0.467. The van der Waals surface area contributed by atoms with Crippen molar-refractivity contribution >= 4 is 10.9 Å². The summed E-state index contributed by atoms with van der Waals surface area (Å²) in [7, 11) is 2.22. The van der Waals surface area contributed by atoms with Gasteiger partial charge < -0.3 is 9.88 Å². The fourth-order valence-electron chi connectivity index (χ4n) is 2.76. The van der Waals surface area contributed by atoms with Crippen molar-refractivity contribution in [2.45, 2.75) is 13.0 Å². The third-order valence-electron chi connectivity index (χ3n) is 3.88. The van der Waals surface area contributed by atoms with Gasteiger partial charge in [-0.2, -0.15) is 0 Å². The second kappa shape index (κ2) is 5.12. The summed E-state index contributed by atoms with van der Waals surface area (Å²) in [5.41, 5.74) is 2.68. The molecule has 0 aliphatic carbocycles. The van der Waals surface area contributed by atoms with E-state index in [1.165, 1.54) is 49.1 Å². The van der Waals surface area contributed by atoms with Crippen LogP contribution in [0.4, 0.5) is 0 Å². The topological polar surface area (TPSA) is 22.3 Å².